The second-order valence-electron chi connectivity index (χ2n) is 5.89. The molecule has 1 aromatic heterocycles. The number of halogens is 1. The lowest BCUT2D eigenvalue weighted by Gasteiger charge is -2.26. The number of ketones is 1. The van der Waals surface area contributed by atoms with E-state index in [-0.39, 0.29) is 18.1 Å². The van der Waals surface area contributed by atoms with E-state index in [1.807, 2.05) is 13.8 Å². The summed E-state index contributed by atoms with van der Waals surface area (Å²) in [6, 6.07) is 4.51. The fraction of sp³-hybridized carbons (Fsp3) is 0.562. The predicted octanol–water partition coefficient (Wildman–Crippen LogP) is 1.25. The Morgan fingerprint density at radius 2 is 1.76 bits per heavy atom. The molecule has 0 aliphatic heterocycles. The number of hydrogen-bond acceptors (Lipinski definition) is 6. The maximum Gasteiger partial charge on any atom is 0.246 e. The van der Waals surface area contributed by atoms with Crippen molar-refractivity contribution >= 4 is 33.9 Å². The molecule has 0 aliphatic rings. The van der Waals surface area contributed by atoms with Gasteiger partial charge in [-0.1, -0.05) is 32.8 Å². The normalized spacial score (nSPS) is 13.8. The third-order valence-corrected chi connectivity index (χ3v) is 6.25. The maximum atomic E-state index is 12.7. The standard InChI is InChI=1S/C16H25N3O4S.ClH/c1-3-7-12(8-4-2)24(22,23)11-16(18,15(17)21)14(20)13-9-5-6-10-19-13;/h5-6,9-10,12H,3-4,7-8,11,18H2,1-2H3,(H2,17,21);1H. The number of aromatic nitrogens is 1. The molecule has 0 spiro atoms. The molecule has 25 heavy (non-hydrogen) atoms. The lowest BCUT2D eigenvalue weighted by Crippen LogP contribution is -2.63. The van der Waals surface area contributed by atoms with Gasteiger partial charge in [-0.3, -0.25) is 14.6 Å². The molecule has 0 saturated carbocycles. The van der Waals surface area contributed by atoms with Crippen LogP contribution in [0.25, 0.3) is 0 Å². The molecular formula is C16H26ClN3O4S. The lowest BCUT2D eigenvalue weighted by molar-refractivity contribution is -0.120. The molecule has 1 heterocycles. The van der Waals surface area contributed by atoms with Crippen molar-refractivity contribution in [3.63, 3.8) is 0 Å². The predicted molar refractivity (Wildman–Crippen MR) is 99.3 cm³/mol. The summed E-state index contributed by atoms with van der Waals surface area (Å²) >= 11 is 0. The average Bonchev–Trinajstić information content (AvgIpc) is 2.54. The van der Waals surface area contributed by atoms with E-state index in [2.05, 4.69) is 4.98 Å². The van der Waals surface area contributed by atoms with E-state index in [9.17, 15) is 18.0 Å². The molecule has 1 aromatic rings. The molecule has 142 valence electrons. The number of hydrogen-bond donors (Lipinski definition) is 2. The zero-order valence-electron chi connectivity index (χ0n) is 14.5. The van der Waals surface area contributed by atoms with Crippen molar-refractivity contribution in [2.75, 3.05) is 5.75 Å². The Kier molecular flexibility index (Phi) is 9.24. The number of sulfone groups is 1. The van der Waals surface area contributed by atoms with E-state index in [0.29, 0.717) is 25.7 Å². The van der Waals surface area contributed by atoms with Gasteiger partial charge in [0.15, 0.2) is 15.4 Å². The van der Waals surface area contributed by atoms with Crippen LogP contribution in [0.1, 0.15) is 50.0 Å². The molecule has 1 amide bonds. The van der Waals surface area contributed by atoms with Crippen molar-refractivity contribution in [2.45, 2.75) is 50.3 Å². The summed E-state index contributed by atoms with van der Waals surface area (Å²) in [7, 11) is -3.78. The maximum absolute atomic E-state index is 12.7. The Labute approximate surface area is 154 Å². The van der Waals surface area contributed by atoms with Gasteiger partial charge in [-0.25, -0.2) is 8.42 Å². The van der Waals surface area contributed by atoms with Crippen molar-refractivity contribution in [3.8, 4) is 0 Å². The Bertz CT molecular complexity index is 676. The number of carbonyl (C=O) groups excluding carboxylic acids is 2. The van der Waals surface area contributed by atoms with Crippen LogP contribution in [-0.4, -0.2) is 41.6 Å². The van der Waals surface area contributed by atoms with Gasteiger partial charge in [-0.05, 0) is 25.0 Å². The second kappa shape index (κ2) is 9.84. The molecule has 1 rings (SSSR count). The highest BCUT2D eigenvalue weighted by atomic mass is 35.5. The molecule has 0 aromatic carbocycles. The fourth-order valence-electron chi connectivity index (χ4n) is 2.56. The van der Waals surface area contributed by atoms with Crippen molar-refractivity contribution in [1.29, 1.82) is 0 Å². The third-order valence-electron chi connectivity index (χ3n) is 3.90. The number of primary amides is 1. The van der Waals surface area contributed by atoms with Gasteiger partial charge in [0.25, 0.3) is 0 Å². The van der Waals surface area contributed by atoms with Crippen LogP contribution >= 0.6 is 12.4 Å². The minimum atomic E-state index is -3.78. The summed E-state index contributed by atoms with van der Waals surface area (Å²) in [6.45, 7) is 3.75. The van der Waals surface area contributed by atoms with Crippen LogP contribution < -0.4 is 11.5 Å². The highest BCUT2D eigenvalue weighted by molar-refractivity contribution is 7.92. The number of nitrogens with zero attached hydrogens (tertiary/aromatic N) is 1. The minimum Gasteiger partial charge on any atom is -0.368 e. The first kappa shape index (κ1) is 23.5. The highest BCUT2D eigenvalue weighted by Gasteiger charge is 2.46. The first-order valence-electron chi connectivity index (χ1n) is 7.95. The topological polar surface area (TPSA) is 133 Å². The van der Waals surface area contributed by atoms with Gasteiger partial charge in [0.2, 0.25) is 11.7 Å². The second-order valence-corrected chi connectivity index (χ2v) is 8.17. The molecule has 0 fully saturated rings. The molecule has 0 bridgehead atoms. The molecule has 0 aliphatic carbocycles. The smallest absolute Gasteiger partial charge is 0.246 e. The zero-order valence-corrected chi connectivity index (χ0v) is 16.1. The fourth-order valence-corrected chi connectivity index (χ4v) is 4.89. The zero-order chi connectivity index (χ0) is 18.4. The number of pyridine rings is 1. The van der Waals surface area contributed by atoms with Crippen molar-refractivity contribution in [2.24, 2.45) is 11.5 Å². The Hall–Kier alpha value is -1.51. The van der Waals surface area contributed by atoms with Crippen molar-refractivity contribution < 1.29 is 18.0 Å². The monoisotopic (exact) mass is 391 g/mol. The van der Waals surface area contributed by atoms with Gasteiger partial charge in [0.05, 0.1) is 11.0 Å². The number of amides is 1. The van der Waals surface area contributed by atoms with Crippen LogP contribution in [0.2, 0.25) is 0 Å². The van der Waals surface area contributed by atoms with Gasteiger partial charge in [-0.2, -0.15) is 0 Å². The molecule has 7 nitrogen and oxygen atoms in total. The number of Topliss-reactive ketones (excluding diaryl/α,β-unsaturated/α-hetero) is 1. The van der Waals surface area contributed by atoms with Gasteiger partial charge in [0.1, 0.15) is 5.69 Å². The number of nitrogens with two attached hydrogens (primary N) is 2. The molecule has 1 unspecified atom stereocenters. The summed E-state index contributed by atoms with van der Waals surface area (Å²) < 4.78 is 25.4. The Morgan fingerprint density at radius 1 is 1.20 bits per heavy atom. The minimum absolute atomic E-state index is 0. The molecule has 9 heteroatoms. The molecule has 0 saturated heterocycles. The van der Waals surface area contributed by atoms with Crippen LogP contribution in [0.4, 0.5) is 0 Å². The summed E-state index contributed by atoms with van der Waals surface area (Å²) in [5.74, 6) is -2.87. The quantitative estimate of drug-likeness (QED) is 0.455. The van der Waals surface area contributed by atoms with E-state index in [1.165, 1.54) is 12.3 Å². The average molecular weight is 392 g/mol. The summed E-state index contributed by atoms with van der Waals surface area (Å²) in [6.07, 6.45) is 3.60. The van der Waals surface area contributed by atoms with Crippen LogP contribution in [0.3, 0.4) is 0 Å². The van der Waals surface area contributed by atoms with Gasteiger partial charge in [0, 0.05) is 6.20 Å². The summed E-state index contributed by atoms with van der Waals surface area (Å²) in [4.78, 5) is 28.3. The molecule has 0 radical (unpaired) electrons. The Balaban J connectivity index is 0.00000576. The van der Waals surface area contributed by atoms with Gasteiger partial charge in [-0.15, -0.1) is 12.4 Å². The van der Waals surface area contributed by atoms with Crippen LogP contribution in [0.15, 0.2) is 24.4 Å². The SMILES string of the molecule is CCCC(CCC)S(=O)(=O)CC(N)(C(N)=O)C(=O)c1ccccn1.Cl. The van der Waals surface area contributed by atoms with Gasteiger partial charge >= 0.3 is 0 Å². The third kappa shape index (κ3) is 5.76. The highest BCUT2D eigenvalue weighted by Crippen LogP contribution is 2.21. The van der Waals surface area contributed by atoms with E-state index in [1.54, 1.807) is 12.1 Å². The van der Waals surface area contributed by atoms with Gasteiger partial charge < -0.3 is 11.5 Å². The largest absolute Gasteiger partial charge is 0.368 e. The number of rotatable bonds is 10. The van der Waals surface area contributed by atoms with Crippen molar-refractivity contribution in [3.05, 3.63) is 30.1 Å². The van der Waals surface area contributed by atoms with Crippen LogP contribution in [0, 0.1) is 0 Å². The van der Waals surface area contributed by atoms with E-state index < -0.39 is 38.1 Å². The first-order valence-corrected chi connectivity index (χ1v) is 9.66. The lowest BCUT2D eigenvalue weighted by atomic mass is 9.94. The first-order chi connectivity index (χ1) is 11.2. The van der Waals surface area contributed by atoms with E-state index in [0.717, 1.165) is 0 Å². The van der Waals surface area contributed by atoms with E-state index in [4.69, 9.17) is 11.5 Å². The van der Waals surface area contributed by atoms with E-state index >= 15 is 0 Å². The Morgan fingerprint density at radius 3 is 2.16 bits per heavy atom. The molecular weight excluding hydrogens is 366 g/mol. The van der Waals surface area contributed by atoms with Crippen LogP contribution in [-0.2, 0) is 14.6 Å². The van der Waals surface area contributed by atoms with Crippen LogP contribution in [0.5, 0.6) is 0 Å². The molecule has 1 atom stereocenters. The number of carbonyl (C=O) groups is 2. The summed E-state index contributed by atoms with van der Waals surface area (Å²) in [5.41, 5.74) is 8.76. The molecule has 4 N–H and O–H groups in total. The van der Waals surface area contributed by atoms with Crippen molar-refractivity contribution in [1.82, 2.24) is 4.98 Å². The summed E-state index contributed by atoms with van der Waals surface area (Å²) in [5, 5.41) is -0.647.